The molecule has 0 aliphatic rings. The van der Waals surface area contributed by atoms with Gasteiger partial charge in [-0.3, -0.25) is 0 Å². The predicted octanol–water partition coefficient (Wildman–Crippen LogP) is 3.17. The zero-order valence-electron chi connectivity index (χ0n) is 11.8. The van der Waals surface area contributed by atoms with Gasteiger partial charge in [-0.05, 0) is 24.5 Å². The summed E-state index contributed by atoms with van der Waals surface area (Å²) in [5.74, 6) is 0.0650. The Morgan fingerprint density at radius 1 is 1.14 bits per heavy atom. The van der Waals surface area contributed by atoms with E-state index in [1.54, 1.807) is 11.6 Å². The van der Waals surface area contributed by atoms with Gasteiger partial charge in [0, 0.05) is 11.8 Å². The quantitative estimate of drug-likeness (QED) is 0.733. The number of rotatable bonds is 5. The van der Waals surface area contributed by atoms with Crippen molar-refractivity contribution in [2.24, 2.45) is 0 Å². The molecule has 1 N–H and O–H groups in total. The van der Waals surface area contributed by atoms with Crippen LogP contribution in [0.15, 0.2) is 48.2 Å². The maximum absolute atomic E-state index is 9.97. The Kier molecular flexibility index (Phi) is 4.50. The maximum Gasteiger partial charge on any atom is 0.182 e. The second-order valence-corrected chi connectivity index (χ2v) is 5.53. The largest absolute Gasteiger partial charge is 0.505 e. The molecule has 0 aliphatic carbocycles. The van der Waals surface area contributed by atoms with E-state index in [0.717, 1.165) is 18.5 Å². The van der Waals surface area contributed by atoms with E-state index >= 15 is 0 Å². The van der Waals surface area contributed by atoms with Gasteiger partial charge < -0.3 is 5.11 Å². The highest BCUT2D eigenvalue weighted by Crippen LogP contribution is 2.16. The molecule has 2 aromatic heterocycles. The number of benzene rings is 1. The molecule has 3 rings (SSSR count). The van der Waals surface area contributed by atoms with Crippen molar-refractivity contribution in [3.05, 3.63) is 70.2 Å². The van der Waals surface area contributed by atoms with Crippen molar-refractivity contribution in [3.8, 4) is 0 Å². The van der Waals surface area contributed by atoms with Crippen molar-refractivity contribution in [3.63, 3.8) is 0 Å². The fourth-order valence-corrected chi connectivity index (χ4v) is 2.50. The summed E-state index contributed by atoms with van der Waals surface area (Å²) < 4.78 is 0. The molecule has 0 fully saturated rings. The summed E-state index contributed by atoms with van der Waals surface area (Å²) in [5, 5.41) is 18.0. The molecule has 0 radical (unpaired) electrons. The molecule has 0 saturated carbocycles. The lowest BCUT2D eigenvalue weighted by Gasteiger charge is -2.02. The van der Waals surface area contributed by atoms with Crippen LogP contribution in [0.25, 0.3) is 11.8 Å². The zero-order chi connectivity index (χ0) is 15.2. The number of nitrogens with zero attached hydrogens (tertiary/aromatic N) is 4. The third-order valence-corrected chi connectivity index (χ3v) is 3.83. The number of aliphatic hydroxyl groups excluding tert-OH is 1. The van der Waals surface area contributed by atoms with Gasteiger partial charge in [-0.15, -0.1) is 10.2 Å². The maximum atomic E-state index is 9.97. The third-order valence-electron chi connectivity index (χ3n) is 3.12. The van der Waals surface area contributed by atoms with Gasteiger partial charge in [-0.25, -0.2) is 9.97 Å². The molecule has 3 aromatic rings. The number of hydrogen-bond acceptors (Lipinski definition) is 6. The van der Waals surface area contributed by atoms with Crippen LogP contribution in [-0.2, 0) is 12.8 Å². The molecule has 2 heterocycles. The van der Waals surface area contributed by atoms with Gasteiger partial charge in [-0.1, -0.05) is 41.7 Å². The molecule has 110 valence electrons. The van der Waals surface area contributed by atoms with Crippen LogP contribution in [0.2, 0.25) is 0 Å². The molecule has 22 heavy (non-hydrogen) atoms. The van der Waals surface area contributed by atoms with Crippen molar-refractivity contribution < 1.29 is 5.11 Å². The molecule has 0 spiro atoms. The fourth-order valence-electron chi connectivity index (χ4n) is 2.03. The van der Waals surface area contributed by atoms with Crippen molar-refractivity contribution in [1.29, 1.82) is 0 Å². The van der Waals surface area contributed by atoms with E-state index in [1.807, 2.05) is 24.3 Å². The summed E-state index contributed by atoms with van der Waals surface area (Å²) in [7, 11) is 0. The van der Waals surface area contributed by atoms with Crippen LogP contribution in [0.1, 0.15) is 22.0 Å². The van der Waals surface area contributed by atoms with Crippen LogP contribution in [0, 0.1) is 0 Å². The Bertz CT molecular complexity index is 757. The molecular weight excluding hydrogens is 296 g/mol. The van der Waals surface area contributed by atoms with Crippen molar-refractivity contribution in [1.82, 2.24) is 20.2 Å². The van der Waals surface area contributed by atoms with E-state index < -0.39 is 0 Å². The Morgan fingerprint density at radius 2 is 2.00 bits per heavy atom. The Hall–Kier alpha value is -2.60. The molecule has 0 amide bonds. The highest BCUT2D eigenvalue weighted by atomic mass is 32.1. The minimum absolute atomic E-state index is 0.0650. The monoisotopic (exact) mass is 310 g/mol. The Labute approximate surface area is 132 Å². The summed E-state index contributed by atoms with van der Waals surface area (Å²) in [6.45, 7) is 0. The predicted molar refractivity (Wildman–Crippen MR) is 86.3 cm³/mol. The van der Waals surface area contributed by atoms with E-state index in [4.69, 9.17) is 0 Å². The van der Waals surface area contributed by atoms with Crippen molar-refractivity contribution in [2.45, 2.75) is 12.8 Å². The summed E-state index contributed by atoms with van der Waals surface area (Å²) in [5.41, 5.74) is 4.45. The SMILES string of the molecule is O/C(=C\c1cc(CCc2ccccc2)ncn1)c1nncs1. The van der Waals surface area contributed by atoms with Crippen LogP contribution in [0.4, 0.5) is 0 Å². The summed E-state index contributed by atoms with van der Waals surface area (Å²) in [6, 6.07) is 12.1. The van der Waals surface area contributed by atoms with Crippen LogP contribution in [-0.4, -0.2) is 25.3 Å². The Balaban J connectivity index is 1.71. The molecule has 0 saturated heterocycles. The van der Waals surface area contributed by atoms with Gasteiger partial charge in [0.25, 0.3) is 0 Å². The van der Waals surface area contributed by atoms with Crippen LogP contribution >= 0.6 is 11.3 Å². The lowest BCUT2D eigenvalue weighted by Crippen LogP contribution is -1.96. The molecule has 1 aromatic carbocycles. The van der Waals surface area contributed by atoms with E-state index in [0.29, 0.717) is 10.7 Å². The average Bonchev–Trinajstić information content (AvgIpc) is 3.09. The van der Waals surface area contributed by atoms with Crippen LogP contribution in [0.3, 0.4) is 0 Å². The van der Waals surface area contributed by atoms with Gasteiger partial charge in [0.15, 0.2) is 10.8 Å². The van der Waals surface area contributed by atoms with Crippen molar-refractivity contribution in [2.75, 3.05) is 0 Å². The highest BCUT2D eigenvalue weighted by Gasteiger charge is 2.05. The van der Waals surface area contributed by atoms with E-state index in [-0.39, 0.29) is 5.76 Å². The summed E-state index contributed by atoms with van der Waals surface area (Å²) in [6.07, 6.45) is 4.84. The summed E-state index contributed by atoms with van der Waals surface area (Å²) in [4.78, 5) is 8.43. The lowest BCUT2D eigenvalue weighted by molar-refractivity contribution is 0.513. The first-order chi connectivity index (χ1) is 10.8. The molecular formula is C16H14N4OS. The van der Waals surface area contributed by atoms with Gasteiger partial charge in [0.1, 0.15) is 11.8 Å². The normalized spacial score (nSPS) is 11.5. The van der Waals surface area contributed by atoms with Gasteiger partial charge in [-0.2, -0.15) is 0 Å². The molecule has 6 heteroatoms. The average molecular weight is 310 g/mol. The van der Waals surface area contributed by atoms with E-state index in [2.05, 4.69) is 32.3 Å². The van der Waals surface area contributed by atoms with Crippen LogP contribution in [0.5, 0.6) is 0 Å². The third kappa shape index (κ3) is 3.73. The number of aryl methyl sites for hydroxylation is 2. The first kappa shape index (κ1) is 14.3. The van der Waals surface area contributed by atoms with Gasteiger partial charge in [0.05, 0.1) is 5.69 Å². The zero-order valence-corrected chi connectivity index (χ0v) is 12.6. The standard InChI is InChI=1S/C16H14N4OS/c21-15(16-20-19-11-22-16)9-14-8-13(17-10-18-14)7-6-12-4-2-1-3-5-12/h1-5,8-11,21H,6-7H2/b15-9-. The molecule has 0 atom stereocenters. The first-order valence-corrected chi connectivity index (χ1v) is 7.71. The number of aromatic nitrogens is 4. The second kappa shape index (κ2) is 6.91. The van der Waals surface area contributed by atoms with Crippen LogP contribution < -0.4 is 0 Å². The number of aliphatic hydroxyl groups is 1. The molecule has 0 unspecified atom stereocenters. The van der Waals surface area contributed by atoms with Gasteiger partial charge >= 0.3 is 0 Å². The lowest BCUT2D eigenvalue weighted by atomic mass is 10.1. The first-order valence-electron chi connectivity index (χ1n) is 6.83. The van der Waals surface area contributed by atoms with Crippen molar-refractivity contribution >= 4 is 23.2 Å². The second-order valence-electron chi connectivity index (χ2n) is 4.69. The molecule has 5 nitrogen and oxygen atoms in total. The topological polar surface area (TPSA) is 71.8 Å². The van der Waals surface area contributed by atoms with E-state index in [1.165, 1.54) is 23.2 Å². The summed E-state index contributed by atoms with van der Waals surface area (Å²) >= 11 is 1.28. The van der Waals surface area contributed by atoms with E-state index in [9.17, 15) is 5.11 Å². The number of hydrogen-bond donors (Lipinski definition) is 1. The Morgan fingerprint density at radius 3 is 2.77 bits per heavy atom. The van der Waals surface area contributed by atoms with Gasteiger partial charge in [0.2, 0.25) is 0 Å². The minimum atomic E-state index is 0.0650. The molecule has 0 aliphatic heterocycles. The minimum Gasteiger partial charge on any atom is -0.505 e. The molecule has 0 bridgehead atoms. The smallest absolute Gasteiger partial charge is 0.182 e. The highest BCUT2D eigenvalue weighted by molar-refractivity contribution is 7.10. The fraction of sp³-hybridized carbons (Fsp3) is 0.125.